The zero-order chi connectivity index (χ0) is 23.9. The molecule has 4 heterocycles. The molecule has 5 rings (SSSR count). The molecule has 2 aromatic rings. The van der Waals surface area contributed by atoms with Gasteiger partial charge in [-0.15, -0.1) is 0 Å². The first-order valence-corrected chi connectivity index (χ1v) is 12.2. The van der Waals surface area contributed by atoms with Crippen LogP contribution in [0.1, 0.15) is 45.6 Å². The average molecular weight is 460 g/mol. The lowest BCUT2D eigenvalue weighted by Gasteiger charge is -2.40. The molecule has 0 N–H and O–H groups in total. The molecule has 2 fully saturated rings. The Morgan fingerprint density at radius 1 is 1.12 bits per heavy atom. The first-order chi connectivity index (χ1) is 16.3. The smallest absolute Gasteiger partial charge is 0.267 e. The van der Waals surface area contributed by atoms with Crippen molar-refractivity contribution in [2.45, 2.75) is 52.1 Å². The Kier molecular flexibility index (Phi) is 5.66. The molecule has 1 amide bonds. The highest BCUT2D eigenvalue weighted by Gasteiger charge is 2.48. The Morgan fingerprint density at radius 3 is 2.65 bits per heavy atom. The van der Waals surface area contributed by atoms with Crippen LogP contribution in [0.4, 0.5) is 5.82 Å². The van der Waals surface area contributed by atoms with E-state index in [0.717, 1.165) is 43.7 Å². The molecule has 178 valence electrons. The molecular weight excluding hydrogens is 426 g/mol. The Bertz CT molecular complexity index is 1190. The number of nitrogens with zero attached hydrogens (tertiary/aromatic N) is 5. The van der Waals surface area contributed by atoms with Gasteiger partial charge in [-0.25, -0.2) is 4.68 Å². The van der Waals surface area contributed by atoms with Crippen LogP contribution in [-0.2, 0) is 11.3 Å². The molecule has 7 heteroatoms. The predicted molar refractivity (Wildman–Crippen MR) is 133 cm³/mol. The lowest BCUT2D eigenvalue weighted by molar-refractivity contribution is -0.134. The summed E-state index contributed by atoms with van der Waals surface area (Å²) in [5, 5.41) is 4.59. The number of likely N-dealkylation sites (tertiary alicyclic amines) is 1. The average Bonchev–Trinajstić information content (AvgIpc) is 3.18. The van der Waals surface area contributed by atoms with Crippen LogP contribution >= 0.6 is 0 Å². The molecule has 2 atom stereocenters. The maximum Gasteiger partial charge on any atom is 0.267 e. The molecule has 3 aliphatic rings. The van der Waals surface area contributed by atoms with Crippen molar-refractivity contribution >= 4 is 17.3 Å². The molecular formula is C27H33N5O2. The monoisotopic (exact) mass is 459 g/mol. The summed E-state index contributed by atoms with van der Waals surface area (Å²) in [7, 11) is 0. The maximum absolute atomic E-state index is 13.5. The molecule has 7 nitrogen and oxygen atoms in total. The summed E-state index contributed by atoms with van der Waals surface area (Å²) in [6.07, 6.45) is 13.0. The van der Waals surface area contributed by atoms with Crippen molar-refractivity contribution in [2.75, 3.05) is 24.5 Å². The second kappa shape index (κ2) is 8.53. The predicted octanol–water partition coefficient (Wildman–Crippen LogP) is 3.53. The van der Waals surface area contributed by atoms with Gasteiger partial charge in [-0.05, 0) is 54.9 Å². The minimum Gasteiger partial charge on any atom is -0.355 e. The summed E-state index contributed by atoms with van der Waals surface area (Å²) in [5.41, 5.74) is 1.95. The minimum atomic E-state index is -0.434. The number of rotatable bonds is 4. The number of hydrogen-bond donors (Lipinski definition) is 0. The van der Waals surface area contributed by atoms with Crippen molar-refractivity contribution in [3.63, 3.8) is 0 Å². The van der Waals surface area contributed by atoms with E-state index in [-0.39, 0.29) is 23.9 Å². The number of carbonyl (C=O) groups excluding carboxylic acids is 1. The molecule has 2 aliphatic heterocycles. The zero-order valence-electron chi connectivity index (χ0n) is 20.3. The van der Waals surface area contributed by atoms with Gasteiger partial charge in [0.15, 0.2) is 0 Å². The minimum absolute atomic E-state index is 0.0475. The fourth-order valence-corrected chi connectivity index (χ4v) is 5.62. The van der Waals surface area contributed by atoms with Crippen LogP contribution < -0.4 is 10.5 Å². The number of pyridine rings is 1. The van der Waals surface area contributed by atoms with Crippen LogP contribution in [0.25, 0.3) is 5.57 Å². The van der Waals surface area contributed by atoms with Gasteiger partial charge in [0.1, 0.15) is 12.4 Å². The van der Waals surface area contributed by atoms with Crippen LogP contribution in [0.15, 0.2) is 59.7 Å². The van der Waals surface area contributed by atoms with Crippen LogP contribution in [0.2, 0.25) is 0 Å². The largest absolute Gasteiger partial charge is 0.355 e. The van der Waals surface area contributed by atoms with Crippen LogP contribution in [0.3, 0.4) is 0 Å². The SMILES string of the molecule is CC1(C)CCN(c2ccc(=O)n(CC(=O)N3CCC4C(c5cccnc5)=CC=CC43C)n2)CC1. The van der Waals surface area contributed by atoms with Gasteiger partial charge < -0.3 is 9.80 Å². The highest BCUT2D eigenvalue weighted by atomic mass is 16.2. The second-order valence-electron chi connectivity index (χ2n) is 10.7. The van der Waals surface area contributed by atoms with Crippen LogP contribution in [0.5, 0.6) is 0 Å². The highest BCUT2D eigenvalue weighted by molar-refractivity contribution is 5.80. The topological polar surface area (TPSA) is 71.3 Å². The molecule has 34 heavy (non-hydrogen) atoms. The summed E-state index contributed by atoms with van der Waals surface area (Å²) in [5.74, 6) is 0.889. The molecule has 0 radical (unpaired) electrons. The normalized spacial score (nSPS) is 25.7. The van der Waals surface area contributed by atoms with Gasteiger partial charge in [0.05, 0.1) is 5.54 Å². The summed E-state index contributed by atoms with van der Waals surface area (Å²) in [6.45, 7) is 9.11. The van der Waals surface area contributed by atoms with Gasteiger partial charge in [0.2, 0.25) is 5.91 Å². The van der Waals surface area contributed by atoms with Gasteiger partial charge in [-0.3, -0.25) is 14.6 Å². The standard InChI is InChI=1S/C27H33N5O2/c1-26(2)12-16-30(17-13-26)23-8-9-24(33)32(29-23)19-25(34)31-15-10-22-21(7-4-11-27(22,31)3)20-6-5-14-28-18-20/h4-9,11,14,18,22H,10,12-13,15-17,19H2,1-3H3. The number of fused-ring (bicyclic) bond motifs is 1. The van der Waals surface area contributed by atoms with E-state index in [9.17, 15) is 9.59 Å². The second-order valence-corrected chi connectivity index (χ2v) is 10.7. The first-order valence-electron chi connectivity index (χ1n) is 12.2. The van der Waals surface area contributed by atoms with E-state index >= 15 is 0 Å². The van der Waals surface area contributed by atoms with E-state index in [1.165, 1.54) is 16.3 Å². The molecule has 0 spiro atoms. The fraction of sp³-hybridized carbons (Fsp3) is 0.481. The molecule has 2 saturated heterocycles. The van der Waals surface area contributed by atoms with E-state index in [2.05, 4.69) is 54.0 Å². The fourth-order valence-electron chi connectivity index (χ4n) is 5.62. The molecule has 2 aromatic heterocycles. The summed E-state index contributed by atoms with van der Waals surface area (Å²) in [6, 6.07) is 7.33. The van der Waals surface area contributed by atoms with Crippen molar-refractivity contribution in [3.8, 4) is 0 Å². The molecule has 1 aliphatic carbocycles. The maximum atomic E-state index is 13.5. The Labute approximate surface area is 200 Å². The van der Waals surface area contributed by atoms with Crippen molar-refractivity contribution < 1.29 is 4.79 Å². The Hall–Kier alpha value is -3.22. The van der Waals surface area contributed by atoms with Gasteiger partial charge in [-0.1, -0.05) is 38.1 Å². The van der Waals surface area contributed by atoms with Gasteiger partial charge >= 0.3 is 0 Å². The summed E-state index contributed by atoms with van der Waals surface area (Å²) < 4.78 is 1.33. The van der Waals surface area contributed by atoms with Crippen molar-refractivity contribution in [2.24, 2.45) is 11.3 Å². The van der Waals surface area contributed by atoms with Crippen molar-refractivity contribution in [3.05, 3.63) is 70.8 Å². The van der Waals surface area contributed by atoms with E-state index in [0.29, 0.717) is 12.0 Å². The lowest BCUT2D eigenvalue weighted by Crippen LogP contribution is -2.49. The number of anilines is 1. The van der Waals surface area contributed by atoms with Gasteiger partial charge in [0.25, 0.3) is 5.56 Å². The van der Waals surface area contributed by atoms with Crippen LogP contribution in [-0.4, -0.2) is 50.7 Å². The van der Waals surface area contributed by atoms with E-state index < -0.39 is 5.54 Å². The van der Waals surface area contributed by atoms with Crippen molar-refractivity contribution in [1.82, 2.24) is 19.7 Å². The number of piperidine rings is 1. The third kappa shape index (κ3) is 4.08. The van der Waals surface area contributed by atoms with Gasteiger partial charge in [0, 0.05) is 44.0 Å². The number of allylic oxidation sites excluding steroid dienone is 2. The molecule has 0 bridgehead atoms. The van der Waals surface area contributed by atoms with E-state index in [4.69, 9.17) is 0 Å². The first kappa shape index (κ1) is 22.6. The highest BCUT2D eigenvalue weighted by Crippen LogP contribution is 2.46. The zero-order valence-corrected chi connectivity index (χ0v) is 20.3. The Morgan fingerprint density at radius 2 is 1.91 bits per heavy atom. The quantitative estimate of drug-likeness (QED) is 0.700. The number of aromatic nitrogens is 3. The third-order valence-electron chi connectivity index (χ3n) is 7.89. The van der Waals surface area contributed by atoms with E-state index in [1.807, 2.05) is 23.2 Å². The third-order valence-corrected chi connectivity index (χ3v) is 7.89. The molecule has 0 aromatic carbocycles. The van der Waals surface area contributed by atoms with Crippen LogP contribution in [0, 0.1) is 11.3 Å². The summed E-state index contributed by atoms with van der Waals surface area (Å²) in [4.78, 5) is 34.5. The number of amides is 1. The van der Waals surface area contributed by atoms with E-state index in [1.54, 1.807) is 12.3 Å². The van der Waals surface area contributed by atoms with Crippen molar-refractivity contribution in [1.29, 1.82) is 0 Å². The van der Waals surface area contributed by atoms with Gasteiger partial charge in [-0.2, -0.15) is 5.10 Å². The molecule has 0 saturated carbocycles. The lowest BCUT2D eigenvalue weighted by atomic mass is 9.75. The Balaban J connectivity index is 1.34. The summed E-state index contributed by atoms with van der Waals surface area (Å²) >= 11 is 0. The number of carbonyl (C=O) groups is 1. The number of hydrogen-bond acceptors (Lipinski definition) is 5. The molecule has 2 unspecified atom stereocenters.